The van der Waals surface area contributed by atoms with Gasteiger partial charge in [-0.1, -0.05) is 90.4 Å². The average molecular weight is 524 g/mol. The fraction of sp³-hybridized carbons (Fsp3) is 1.00. The molecular formula is C27H58NO6P. The Morgan fingerprint density at radius 3 is 1.66 bits per heavy atom. The maximum absolute atomic E-state index is 12.0. The summed E-state index contributed by atoms with van der Waals surface area (Å²) in [5.41, 5.74) is 0. The van der Waals surface area contributed by atoms with Gasteiger partial charge in [0.15, 0.2) is 0 Å². The molecule has 0 saturated heterocycles. The lowest BCUT2D eigenvalue weighted by atomic mass is 10.0. The van der Waals surface area contributed by atoms with Crippen LogP contribution in [0, 0.1) is 0 Å². The summed E-state index contributed by atoms with van der Waals surface area (Å²) in [6, 6.07) is 0. The summed E-state index contributed by atoms with van der Waals surface area (Å²) in [5.74, 6) is 0. The molecule has 7 nitrogen and oxygen atoms in total. The molecule has 0 fully saturated rings. The number of unbranched alkanes of at least 4 members (excludes halogenated alkanes) is 13. The molecule has 0 rings (SSSR count). The fourth-order valence-electron chi connectivity index (χ4n) is 3.92. The summed E-state index contributed by atoms with van der Waals surface area (Å²) >= 11 is 0. The number of phosphoric ester groups is 1. The summed E-state index contributed by atoms with van der Waals surface area (Å²) in [7, 11) is -0.725. The Kier molecular flexibility index (Phi) is 23.1. The van der Waals surface area contributed by atoms with Crippen molar-refractivity contribution in [1.82, 2.24) is 0 Å². The van der Waals surface area contributed by atoms with E-state index in [2.05, 4.69) is 27.8 Å². The molecular weight excluding hydrogens is 465 g/mol. The summed E-state index contributed by atoms with van der Waals surface area (Å²) < 4.78 is 33.8. The lowest BCUT2D eigenvalue weighted by molar-refractivity contribution is -0.906. The predicted molar refractivity (Wildman–Crippen MR) is 144 cm³/mol. The van der Waals surface area contributed by atoms with E-state index in [4.69, 9.17) is 18.5 Å². The van der Waals surface area contributed by atoms with E-state index in [9.17, 15) is 9.46 Å². The Morgan fingerprint density at radius 2 is 1.20 bits per heavy atom. The number of ether oxygens (including phenoxy) is 2. The molecule has 0 aromatic rings. The topological polar surface area (TPSA) is 77.1 Å². The van der Waals surface area contributed by atoms with E-state index in [0.717, 1.165) is 24.0 Å². The highest BCUT2D eigenvalue weighted by atomic mass is 31.2. The third kappa shape index (κ3) is 21.8. The van der Waals surface area contributed by atoms with Crippen molar-refractivity contribution in [1.29, 1.82) is 0 Å². The number of hydrogen-bond acceptors (Lipinski definition) is 6. The number of methoxy groups -OCH3 is 1. The van der Waals surface area contributed by atoms with Gasteiger partial charge >= 0.3 is 0 Å². The third-order valence-corrected chi connectivity index (χ3v) is 8.07. The minimum absolute atomic E-state index is 0.0936. The van der Waals surface area contributed by atoms with Crippen LogP contribution in [0.2, 0.25) is 0 Å². The van der Waals surface area contributed by atoms with E-state index < -0.39 is 13.9 Å². The lowest BCUT2D eigenvalue weighted by Gasteiger charge is -2.33. The summed E-state index contributed by atoms with van der Waals surface area (Å²) in [6.45, 7) is 9.90. The molecule has 2 atom stereocenters. The van der Waals surface area contributed by atoms with Crippen LogP contribution in [0.4, 0.5) is 0 Å². The van der Waals surface area contributed by atoms with Crippen molar-refractivity contribution >= 4 is 7.82 Å². The van der Waals surface area contributed by atoms with Crippen molar-refractivity contribution < 1.29 is 32.5 Å². The van der Waals surface area contributed by atoms with Crippen molar-refractivity contribution in [3.63, 3.8) is 0 Å². The molecule has 0 aliphatic rings. The van der Waals surface area contributed by atoms with Crippen LogP contribution in [0.15, 0.2) is 0 Å². The van der Waals surface area contributed by atoms with Crippen LogP contribution < -0.4 is 4.89 Å². The van der Waals surface area contributed by atoms with Gasteiger partial charge in [0.05, 0.1) is 33.4 Å². The van der Waals surface area contributed by atoms with Crippen LogP contribution in [-0.2, 0) is 23.1 Å². The van der Waals surface area contributed by atoms with E-state index in [1.54, 1.807) is 0 Å². The number of likely N-dealkylation sites (N-methyl/N-ethyl adjacent to an activating group) is 1. The first-order valence-corrected chi connectivity index (χ1v) is 15.8. The normalized spacial score (nSPS) is 14.8. The van der Waals surface area contributed by atoms with Crippen molar-refractivity contribution in [3.05, 3.63) is 0 Å². The molecule has 212 valence electrons. The first-order chi connectivity index (χ1) is 16.8. The zero-order valence-electron chi connectivity index (χ0n) is 23.8. The summed E-state index contributed by atoms with van der Waals surface area (Å²) in [4.78, 5) is 12.0. The van der Waals surface area contributed by atoms with Gasteiger partial charge in [0.2, 0.25) is 0 Å². The maximum Gasteiger partial charge on any atom is 0.268 e. The Bertz CT molecular complexity index is 504. The van der Waals surface area contributed by atoms with Crippen LogP contribution in [0.25, 0.3) is 0 Å². The van der Waals surface area contributed by atoms with Gasteiger partial charge in [-0.2, -0.15) is 0 Å². The Hall–Kier alpha value is -0.0100. The average Bonchev–Trinajstić information content (AvgIpc) is 2.85. The largest absolute Gasteiger partial charge is 0.756 e. The summed E-state index contributed by atoms with van der Waals surface area (Å²) in [5, 5.41) is 0. The van der Waals surface area contributed by atoms with Crippen molar-refractivity contribution in [3.8, 4) is 0 Å². The van der Waals surface area contributed by atoms with Crippen molar-refractivity contribution in [2.75, 3.05) is 60.2 Å². The monoisotopic (exact) mass is 523 g/mol. The lowest BCUT2D eigenvalue weighted by Crippen LogP contribution is -2.45. The van der Waals surface area contributed by atoms with Gasteiger partial charge in [0.25, 0.3) is 7.82 Å². The molecule has 0 N–H and O–H groups in total. The molecule has 0 aromatic carbocycles. The molecule has 0 saturated carbocycles. The minimum atomic E-state index is -4.34. The van der Waals surface area contributed by atoms with Crippen LogP contribution in [0.5, 0.6) is 0 Å². The number of phosphoric acid groups is 1. The van der Waals surface area contributed by atoms with Gasteiger partial charge in [0, 0.05) is 13.7 Å². The molecule has 0 aliphatic carbocycles. The predicted octanol–water partition coefficient (Wildman–Crippen LogP) is 6.49. The Morgan fingerprint density at radius 1 is 0.714 bits per heavy atom. The second kappa shape index (κ2) is 23.1. The van der Waals surface area contributed by atoms with Gasteiger partial charge in [-0.25, -0.2) is 0 Å². The smallest absolute Gasteiger partial charge is 0.268 e. The molecule has 0 amide bonds. The van der Waals surface area contributed by atoms with Gasteiger partial charge < -0.3 is 27.9 Å². The fourth-order valence-corrected chi connectivity index (χ4v) is 4.65. The highest BCUT2D eigenvalue weighted by Gasteiger charge is 2.19. The second-order valence-corrected chi connectivity index (χ2v) is 11.5. The molecule has 8 heteroatoms. The maximum atomic E-state index is 12.0. The van der Waals surface area contributed by atoms with Crippen LogP contribution in [0.1, 0.15) is 111 Å². The molecule has 0 spiro atoms. The minimum Gasteiger partial charge on any atom is -0.756 e. The summed E-state index contributed by atoms with van der Waals surface area (Å²) in [6.07, 6.45) is 18.2. The second-order valence-electron chi connectivity index (χ2n) is 10.1. The van der Waals surface area contributed by atoms with E-state index in [1.165, 1.54) is 90.6 Å². The third-order valence-electron chi connectivity index (χ3n) is 7.11. The zero-order valence-corrected chi connectivity index (χ0v) is 24.7. The van der Waals surface area contributed by atoms with E-state index in [0.29, 0.717) is 19.8 Å². The van der Waals surface area contributed by atoms with E-state index >= 15 is 0 Å². The zero-order chi connectivity index (χ0) is 26.3. The molecule has 0 heterocycles. The molecule has 0 radical (unpaired) electrons. The van der Waals surface area contributed by atoms with Gasteiger partial charge in [-0.3, -0.25) is 4.57 Å². The van der Waals surface area contributed by atoms with Crippen molar-refractivity contribution in [2.45, 2.75) is 117 Å². The number of hydrogen-bond donors (Lipinski definition) is 0. The molecule has 35 heavy (non-hydrogen) atoms. The van der Waals surface area contributed by atoms with Gasteiger partial charge in [-0.15, -0.1) is 0 Å². The molecule has 1 unspecified atom stereocenters. The Labute approximate surface area is 217 Å². The van der Waals surface area contributed by atoms with Gasteiger partial charge in [0.1, 0.15) is 19.3 Å². The standard InChI is InChI=1S/C27H58NO6P/c1-6-9-10-11-12-13-14-15-16-17-18-19-20-21-23-32-25-27(31-5)26-34-35(29,30)33-24-22-28(4,7-2)8-3/h27H,6-26H2,1-5H3/t27-/m1/s1. The highest BCUT2D eigenvalue weighted by Crippen LogP contribution is 2.38. The number of quaternary nitrogens is 1. The van der Waals surface area contributed by atoms with Crippen molar-refractivity contribution in [2.24, 2.45) is 0 Å². The molecule has 0 bridgehead atoms. The molecule has 0 aromatic heterocycles. The number of rotatable bonds is 27. The SMILES string of the molecule is CCCCCCCCCCCCCCCCOC[C@H](COP(=O)([O-])OCC[N+](C)(CC)CC)OC. The highest BCUT2D eigenvalue weighted by molar-refractivity contribution is 7.45. The first-order valence-electron chi connectivity index (χ1n) is 14.4. The number of nitrogens with zero attached hydrogens (tertiary/aromatic N) is 1. The quantitative estimate of drug-likeness (QED) is 0.0696. The van der Waals surface area contributed by atoms with Gasteiger partial charge in [-0.05, 0) is 20.3 Å². The van der Waals surface area contributed by atoms with Crippen LogP contribution in [0.3, 0.4) is 0 Å². The van der Waals surface area contributed by atoms with E-state index in [1.807, 2.05) is 0 Å². The van der Waals surface area contributed by atoms with Crippen LogP contribution in [-0.4, -0.2) is 70.8 Å². The molecule has 0 aliphatic heterocycles. The first kappa shape index (κ1) is 35.0. The van der Waals surface area contributed by atoms with Crippen LogP contribution >= 0.6 is 7.82 Å². The van der Waals surface area contributed by atoms with E-state index in [-0.39, 0.29) is 13.2 Å². The Balaban J connectivity index is 3.63.